The number of nitrogens with one attached hydrogen (secondary N) is 4. The van der Waals surface area contributed by atoms with Crippen molar-refractivity contribution in [3.05, 3.63) is 65.7 Å². The highest BCUT2D eigenvalue weighted by molar-refractivity contribution is 5.92. The molecule has 0 aliphatic rings. The normalized spacial score (nSPS) is 13.2. The molecule has 3 atom stereocenters. The van der Waals surface area contributed by atoms with Crippen LogP contribution in [0.3, 0.4) is 0 Å². The molecule has 0 bridgehead atoms. The molecule has 35 heavy (non-hydrogen) atoms. The number of phenolic OH excluding ortho intramolecular Hbond substituents is 1. The van der Waals surface area contributed by atoms with Gasteiger partial charge in [0.1, 0.15) is 17.8 Å². The fraction of sp³-hybridized carbons (Fsp3) is 0.333. The summed E-state index contributed by atoms with van der Waals surface area (Å²) in [5.74, 6) is -2.63. The van der Waals surface area contributed by atoms with Crippen LogP contribution in [0.4, 0.5) is 0 Å². The summed E-state index contributed by atoms with van der Waals surface area (Å²) < 4.78 is 0. The van der Waals surface area contributed by atoms with E-state index in [-0.39, 0.29) is 31.0 Å². The molecule has 0 spiro atoms. The minimum Gasteiger partial charge on any atom is -0.508 e. The number of benzene rings is 2. The first kappa shape index (κ1) is 27.1. The number of carboxylic acid groups (broad SMARTS) is 1. The van der Waals surface area contributed by atoms with Gasteiger partial charge in [0, 0.05) is 13.0 Å². The number of carboxylic acids is 1. The number of phenols is 1. The molecule has 11 nitrogen and oxygen atoms in total. The lowest BCUT2D eigenvalue weighted by molar-refractivity contribution is -0.142. The van der Waals surface area contributed by atoms with E-state index in [1.807, 2.05) is 30.3 Å². The van der Waals surface area contributed by atoms with E-state index in [0.717, 1.165) is 5.56 Å². The van der Waals surface area contributed by atoms with Crippen LogP contribution in [0.1, 0.15) is 24.0 Å². The number of carbonyl (C=O) groups excluding carboxylic acids is 2. The Bertz CT molecular complexity index is 999. The third-order valence-corrected chi connectivity index (χ3v) is 5.24. The number of hydrogen-bond donors (Lipinski definition) is 8. The zero-order valence-corrected chi connectivity index (χ0v) is 19.2. The Labute approximate surface area is 203 Å². The molecule has 0 saturated carbocycles. The Kier molecular flexibility index (Phi) is 10.5. The Morgan fingerprint density at radius 3 is 2.09 bits per heavy atom. The Morgan fingerprint density at radius 1 is 0.886 bits per heavy atom. The first-order valence-electron chi connectivity index (χ1n) is 11.1. The molecule has 11 heteroatoms. The van der Waals surface area contributed by atoms with Gasteiger partial charge in [-0.2, -0.15) is 0 Å². The zero-order valence-electron chi connectivity index (χ0n) is 19.2. The average molecular weight is 485 g/mol. The number of rotatable bonds is 13. The summed E-state index contributed by atoms with van der Waals surface area (Å²) >= 11 is 0. The van der Waals surface area contributed by atoms with E-state index in [1.54, 1.807) is 12.1 Å². The number of hydrogen-bond acceptors (Lipinski definition) is 6. The van der Waals surface area contributed by atoms with E-state index in [1.165, 1.54) is 12.1 Å². The number of guanidine groups is 1. The van der Waals surface area contributed by atoms with E-state index < -0.39 is 35.9 Å². The van der Waals surface area contributed by atoms with Gasteiger partial charge in [-0.25, -0.2) is 4.79 Å². The van der Waals surface area contributed by atoms with Crippen molar-refractivity contribution in [3.63, 3.8) is 0 Å². The standard InChI is InChI=1S/C24H32N6O5/c25-18(13-15-5-2-1-3-6-15)21(32)29-19(7-4-12-28-24(26)27)22(33)30-20(23(34)35)14-16-8-10-17(31)11-9-16/h1-3,5-6,8-11,18-20,31H,4,7,12-14,25H2,(H,29,32)(H,30,33)(H,34,35)(H4,26,27,28)/t18-,19-,20-/m0/s1. The lowest BCUT2D eigenvalue weighted by Crippen LogP contribution is -2.55. The number of aliphatic carboxylic acids is 1. The first-order chi connectivity index (χ1) is 16.7. The summed E-state index contributed by atoms with van der Waals surface area (Å²) in [6.45, 7) is 0.293. The number of amides is 2. The summed E-state index contributed by atoms with van der Waals surface area (Å²) in [6.07, 6.45) is 0.802. The number of nitrogens with two attached hydrogens (primary N) is 2. The fourth-order valence-electron chi connectivity index (χ4n) is 3.38. The second-order valence-corrected chi connectivity index (χ2v) is 8.11. The summed E-state index contributed by atoms with van der Waals surface area (Å²) in [7, 11) is 0. The molecule has 0 saturated heterocycles. The van der Waals surface area contributed by atoms with Gasteiger partial charge in [0.05, 0.1) is 6.04 Å². The molecule has 0 aromatic heterocycles. The molecular formula is C24H32N6O5. The van der Waals surface area contributed by atoms with Crippen LogP contribution >= 0.6 is 0 Å². The molecule has 0 aliphatic heterocycles. The average Bonchev–Trinajstić information content (AvgIpc) is 2.82. The lowest BCUT2D eigenvalue weighted by atomic mass is 10.0. The van der Waals surface area contributed by atoms with Crippen LogP contribution in [-0.4, -0.2) is 58.6 Å². The molecule has 2 aromatic rings. The van der Waals surface area contributed by atoms with Gasteiger partial charge in [0.15, 0.2) is 5.96 Å². The SMILES string of the molecule is N=C(N)NCCC[C@H](NC(=O)[C@@H](N)Cc1ccccc1)C(=O)N[C@@H](Cc1ccc(O)cc1)C(=O)O. The molecule has 2 amide bonds. The van der Waals surface area contributed by atoms with E-state index in [9.17, 15) is 24.6 Å². The maximum absolute atomic E-state index is 13.0. The number of aromatic hydroxyl groups is 1. The van der Waals surface area contributed by atoms with Crippen LogP contribution in [-0.2, 0) is 27.2 Å². The molecule has 188 valence electrons. The van der Waals surface area contributed by atoms with Gasteiger partial charge in [-0.15, -0.1) is 0 Å². The van der Waals surface area contributed by atoms with Crippen LogP contribution in [0, 0.1) is 5.41 Å². The topological polar surface area (TPSA) is 204 Å². The highest BCUT2D eigenvalue weighted by Gasteiger charge is 2.28. The van der Waals surface area contributed by atoms with E-state index in [4.69, 9.17) is 16.9 Å². The molecule has 0 unspecified atom stereocenters. The van der Waals surface area contributed by atoms with Crippen molar-refractivity contribution in [1.29, 1.82) is 5.41 Å². The van der Waals surface area contributed by atoms with E-state index in [0.29, 0.717) is 18.5 Å². The molecule has 2 rings (SSSR count). The van der Waals surface area contributed by atoms with Crippen molar-refractivity contribution in [1.82, 2.24) is 16.0 Å². The quantitative estimate of drug-likeness (QED) is 0.109. The van der Waals surface area contributed by atoms with Crippen LogP contribution in [0.25, 0.3) is 0 Å². The van der Waals surface area contributed by atoms with E-state index >= 15 is 0 Å². The highest BCUT2D eigenvalue weighted by Crippen LogP contribution is 2.12. The molecule has 0 heterocycles. The van der Waals surface area contributed by atoms with Crippen molar-refractivity contribution in [2.24, 2.45) is 11.5 Å². The molecule has 0 radical (unpaired) electrons. The molecule has 0 fully saturated rings. The predicted octanol–water partition coefficient (Wildman–Crippen LogP) is -0.178. The second kappa shape index (κ2) is 13.6. The maximum Gasteiger partial charge on any atom is 0.326 e. The van der Waals surface area contributed by atoms with Crippen molar-refractivity contribution in [2.75, 3.05) is 6.54 Å². The summed E-state index contributed by atoms with van der Waals surface area (Å²) in [6, 6.07) is 12.0. The van der Waals surface area contributed by atoms with Gasteiger partial charge in [0.25, 0.3) is 0 Å². The van der Waals surface area contributed by atoms with Crippen molar-refractivity contribution >= 4 is 23.7 Å². The van der Waals surface area contributed by atoms with Crippen molar-refractivity contribution < 1.29 is 24.6 Å². The monoisotopic (exact) mass is 484 g/mol. The van der Waals surface area contributed by atoms with Crippen LogP contribution in [0.15, 0.2) is 54.6 Å². The van der Waals surface area contributed by atoms with Gasteiger partial charge >= 0.3 is 5.97 Å². The Morgan fingerprint density at radius 2 is 1.49 bits per heavy atom. The molecule has 10 N–H and O–H groups in total. The molecule has 0 aliphatic carbocycles. The van der Waals surface area contributed by atoms with Crippen molar-refractivity contribution in [3.8, 4) is 5.75 Å². The third kappa shape index (κ3) is 9.72. The van der Waals surface area contributed by atoms with Gasteiger partial charge < -0.3 is 37.6 Å². The summed E-state index contributed by atoms with van der Waals surface area (Å²) in [5, 5.41) is 34.0. The second-order valence-electron chi connectivity index (χ2n) is 8.11. The molecule has 2 aromatic carbocycles. The predicted molar refractivity (Wildman–Crippen MR) is 131 cm³/mol. The van der Waals surface area contributed by atoms with E-state index in [2.05, 4.69) is 16.0 Å². The van der Waals surface area contributed by atoms with Crippen LogP contribution in [0.2, 0.25) is 0 Å². The highest BCUT2D eigenvalue weighted by atomic mass is 16.4. The van der Waals surface area contributed by atoms with Crippen LogP contribution < -0.4 is 27.4 Å². The number of carbonyl (C=O) groups is 3. The maximum atomic E-state index is 13.0. The third-order valence-electron chi connectivity index (χ3n) is 5.24. The minimum absolute atomic E-state index is 0.0125. The Balaban J connectivity index is 2.06. The smallest absolute Gasteiger partial charge is 0.326 e. The zero-order chi connectivity index (χ0) is 25.8. The van der Waals surface area contributed by atoms with Gasteiger partial charge in [-0.1, -0.05) is 42.5 Å². The van der Waals surface area contributed by atoms with Gasteiger partial charge in [-0.05, 0) is 42.5 Å². The van der Waals surface area contributed by atoms with Crippen molar-refractivity contribution in [2.45, 2.75) is 43.8 Å². The van der Waals surface area contributed by atoms with Gasteiger partial charge in [-0.3, -0.25) is 15.0 Å². The Hall–Kier alpha value is -4.12. The summed E-state index contributed by atoms with van der Waals surface area (Å²) in [5.41, 5.74) is 12.8. The lowest BCUT2D eigenvalue weighted by Gasteiger charge is -2.23. The summed E-state index contributed by atoms with van der Waals surface area (Å²) in [4.78, 5) is 37.5. The first-order valence-corrected chi connectivity index (χ1v) is 11.1. The largest absolute Gasteiger partial charge is 0.508 e. The molecular weight excluding hydrogens is 452 g/mol. The van der Waals surface area contributed by atoms with Crippen LogP contribution in [0.5, 0.6) is 5.75 Å². The minimum atomic E-state index is -1.25. The fourth-order valence-corrected chi connectivity index (χ4v) is 3.38. The van der Waals surface area contributed by atoms with Gasteiger partial charge in [0.2, 0.25) is 11.8 Å².